The molecule has 1 aromatic rings. The molecule has 1 fully saturated rings. The first-order valence-electron chi connectivity index (χ1n) is 7.78. The number of nitrogens with zero attached hydrogens (tertiary/aromatic N) is 1. The van der Waals surface area contributed by atoms with E-state index in [0.717, 1.165) is 5.69 Å². The molecule has 1 aromatic carbocycles. The zero-order valence-electron chi connectivity index (χ0n) is 13.8. The monoisotopic (exact) mass is 322 g/mol. The number of nitrogens with one attached hydrogen (secondary N) is 1. The van der Waals surface area contributed by atoms with Crippen LogP contribution in [0.25, 0.3) is 0 Å². The number of hydrogen-bond acceptors (Lipinski definition) is 3. The quantitative estimate of drug-likeness (QED) is 0.814. The topological polar surface area (TPSA) is 52.6 Å². The number of piperidine rings is 1. The fourth-order valence-electron chi connectivity index (χ4n) is 2.48. The number of aliphatic hydroxyl groups is 1. The molecule has 1 aliphatic rings. The highest BCUT2D eigenvalue weighted by Gasteiger charge is 2.27. The van der Waals surface area contributed by atoms with Crippen LogP contribution < -0.4 is 5.32 Å². The van der Waals surface area contributed by atoms with Gasteiger partial charge in [0.15, 0.2) is 0 Å². The maximum Gasteiger partial charge on any atom is 0.321 e. The second kappa shape index (κ2) is 6.92. The number of carbonyl (C=O) groups excluding carboxylic acids is 1. The van der Waals surface area contributed by atoms with Crippen molar-refractivity contribution in [1.29, 1.82) is 0 Å². The molecule has 0 unspecified atom stereocenters. The third-order valence-electron chi connectivity index (χ3n) is 3.68. The summed E-state index contributed by atoms with van der Waals surface area (Å²) in [5.74, 6) is 0.130. The SMILES string of the molecule is C[C@H]1CN(C(=O)Nc2ccc(SC(C)(C)C)cc2)CC[C@@H]1O. The molecular formula is C17H26N2O2S. The average molecular weight is 322 g/mol. The lowest BCUT2D eigenvalue weighted by molar-refractivity contribution is 0.0506. The minimum atomic E-state index is -0.294. The fraction of sp³-hybridized carbons (Fsp3) is 0.588. The molecule has 22 heavy (non-hydrogen) atoms. The number of carbonyl (C=O) groups is 1. The van der Waals surface area contributed by atoms with E-state index >= 15 is 0 Å². The molecule has 4 nitrogen and oxygen atoms in total. The third kappa shape index (κ3) is 4.92. The van der Waals surface area contributed by atoms with E-state index in [-0.39, 0.29) is 22.8 Å². The van der Waals surface area contributed by atoms with Gasteiger partial charge in [-0.25, -0.2) is 4.79 Å². The zero-order chi connectivity index (χ0) is 16.3. The van der Waals surface area contributed by atoms with Crippen LogP contribution in [0.1, 0.15) is 34.1 Å². The van der Waals surface area contributed by atoms with Gasteiger partial charge in [0.1, 0.15) is 0 Å². The van der Waals surface area contributed by atoms with Crippen LogP contribution in [0.4, 0.5) is 10.5 Å². The number of thioether (sulfide) groups is 1. The van der Waals surface area contributed by atoms with Gasteiger partial charge in [0.2, 0.25) is 0 Å². The smallest absolute Gasteiger partial charge is 0.321 e. The first-order valence-corrected chi connectivity index (χ1v) is 8.59. The van der Waals surface area contributed by atoms with E-state index in [1.807, 2.05) is 31.2 Å². The number of rotatable bonds is 2. The van der Waals surface area contributed by atoms with Crippen molar-refractivity contribution in [3.8, 4) is 0 Å². The summed E-state index contributed by atoms with van der Waals surface area (Å²) in [5, 5.41) is 12.7. The van der Waals surface area contributed by atoms with Crippen LogP contribution in [0.3, 0.4) is 0 Å². The molecule has 2 N–H and O–H groups in total. The number of urea groups is 1. The Morgan fingerprint density at radius 2 is 1.95 bits per heavy atom. The predicted octanol–water partition coefficient (Wildman–Crippen LogP) is 3.81. The lowest BCUT2D eigenvalue weighted by Gasteiger charge is -2.34. The number of benzene rings is 1. The van der Waals surface area contributed by atoms with Gasteiger partial charge >= 0.3 is 6.03 Å². The molecule has 1 aliphatic heterocycles. The van der Waals surface area contributed by atoms with Crippen LogP contribution in [0, 0.1) is 5.92 Å². The summed E-state index contributed by atoms with van der Waals surface area (Å²) in [5.41, 5.74) is 0.807. The molecule has 0 spiro atoms. The van der Waals surface area contributed by atoms with Crippen LogP contribution in [-0.2, 0) is 0 Å². The molecule has 0 saturated carbocycles. The lowest BCUT2D eigenvalue weighted by Crippen LogP contribution is -2.46. The van der Waals surface area contributed by atoms with Gasteiger partial charge in [-0.2, -0.15) is 0 Å². The van der Waals surface area contributed by atoms with Crippen LogP contribution in [0.2, 0.25) is 0 Å². The van der Waals surface area contributed by atoms with Gasteiger partial charge in [-0.1, -0.05) is 27.7 Å². The van der Waals surface area contributed by atoms with Crippen molar-refractivity contribution in [1.82, 2.24) is 4.90 Å². The van der Waals surface area contributed by atoms with Crippen molar-refractivity contribution in [3.63, 3.8) is 0 Å². The molecule has 0 aliphatic carbocycles. The van der Waals surface area contributed by atoms with Crippen LogP contribution in [0.15, 0.2) is 29.2 Å². The highest BCUT2D eigenvalue weighted by molar-refractivity contribution is 8.00. The van der Waals surface area contributed by atoms with Crippen molar-refractivity contribution in [2.24, 2.45) is 5.92 Å². The zero-order valence-corrected chi connectivity index (χ0v) is 14.6. The number of likely N-dealkylation sites (tertiary alicyclic amines) is 1. The van der Waals surface area contributed by atoms with E-state index in [0.29, 0.717) is 19.5 Å². The molecule has 2 atom stereocenters. The van der Waals surface area contributed by atoms with Gasteiger partial charge < -0.3 is 15.3 Å². The largest absolute Gasteiger partial charge is 0.393 e. The highest BCUT2D eigenvalue weighted by Crippen LogP contribution is 2.32. The molecule has 1 heterocycles. The molecule has 2 amide bonds. The van der Waals surface area contributed by atoms with Gasteiger partial charge in [-0.3, -0.25) is 0 Å². The van der Waals surface area contributed by atoms with Gasteiger partial charge in [0.05, 0.1) is 6.10 Å². The molecule has 1 saturated heterocycles. The van der Waals surface area contributed by atoms with E-state index in [1.54, 1.807) is 16.7 Å². The molecule has 0 radical (unpaired) electrons. The normalized spacial score (nSPS) is 22.5. The Labute approximate surface area is 137 Å². The number of anilines is 1. The van der Waals surface area contributed by atoms with E-state index in [1.165, 1.54) is 4.90 Å². The first kappa shape index (κ1) is 17.2. The van der Waals surface area contributed by atoms with E-state index in [2.05, 4.69) is 26.1 Å². The van der Waals surface area contributed by atoms with Crippen LogP contribution >= 0.6 is 11.8 Å². The lowest BCUT2D eigenvalue weighted by atomic mass is 9.97. The molecule has 122 valence electrons. The highest BCUT2D eigenvalue weighted by atomic mass is 32.2. The fourth-order valence-corrected chi connectivity index (χ4v) is 3.46. The van der Waals surface area contributed by atoms with Crippen molar-refractivity contribution < 1.29 is 9.90 Å². The number of aliphatic hydroxyl groups excluding tert-OH is 1. The molecule has 0 bridgehead atoms. The first-order chi connectivity index (χ1) is 10.2. The predicted molar refractivity (Wildman–Crippen MR) is 92.4 cm³/mol. The Balaban J connectivity index is 1.92. The maximum atomic E-state index is 12.3. The summed E-state index contributed by atoms with van der Waals surface area (Å²) in [6.07, 6.45) is 0.355. The van der Waals surface area contributed by atoms with Crippen molar-refractivity contribution in [3.05, 3.63) is 24.3 Å². The third-order valence-corrected chi connectivity index (χ3v) is 4.80. The summed E-state index contributed by atoms with van der Waals surface area (Å²) in [6.45, 7) is 9.72. The van der Waals surface area contributed by atoms with E-state index in [4.69, 9.17) is 0 Å². The van der Waals surface area contributed by atoms with Crippen molar-refractivity contribution >= 4 is 23.5 Å². The molecule has 0 aromatic heterocycles. The second-order valence-electron chi connectivity index (χ2n) is 6.95. The van der Waals surface area contributed by atoms with Crippen molar-refractivity contribution in [2.75, 3.05) is 18.4 Å². The number of hydrogen-bond donors (Lipinski definition) is 2. The Morgan fingerprint density at radius 1 is 1.32 bits per heavy atom. The second-order valence-corrected chi connectivity index (χ2v) is 8.85. The Bertz CT molecular complexity index is 510. The summed E-state index contributed by atoms with van der Waals surface area (Å²) in [7, 11) is 0. The summed E-state index contributed by atoms with van der Waals surface area (Å²) < 4.78 is 0.176. The van der Waals surface area contributed by atoms with E-state index in [9.17, 15) is 9.90 Å². The minimum absolute atomic E-state index is 0.0880. The Morgan fingerprint density at radius 3 is 2.50 bits per heavy atom. The van der Waals surface area contributed by atoms with E-state index < -0.39 is 0 Å². The van der Waals surface area contributed by atoms with Crippen LogP contribution in [-0.4, -0.2) is 40.0 Å². The number of amides is 2. The van der Waals surface area contributed by atoms with Gasteiger partial charge in [-0.05, 0) is 36.6 Å². The Hall–Kier alpha value is -1.20. The molecule has 5 heteroatoms. The minimum Gasteiger partial charge on any atom is -0.393 e. The van der Waals surface area contributed by atoms with Crippen molar-refractivity contribution in [2.45, 2.75) is 49.9 Å². The van der Waals surface area contributed by atoms with Gasteiger partial charge in [0, 0.05) is 28.4 Å². The maximum absolute atomic E-state index is 12.3. The Kier molecular flexibility index (Phi) is 5.40. The standard InChI is InChI=1S/C17H26N2O2S/c1-12-11-19(10-9-15(12)20)16(21)18-13-5-7-14(8-6-13)22-17(2,3)4/h5-8,12,15,20H,9-11H2,1-4H3,(H,18,21)/t12-,15-/m0/s1. The van der Waals surface area contributed by atoms with Gasteiger partial charge in [0.25, 0.3) is 0 Å². The average Bonchev–Trinajstić information content (AvgIpc) is 2.42. The van der Waals surface area contributed by atoms with Gasteiger partial charge in [-0.15, -0.1) is 11.8 Å². The molecular weight excluding hydrogens is 296 g/mol. The molecule has 2 rings (SSSR count). The summed E-state index contributed by atoms with van der Waals surface area (Å²) in [6, 6.07) is 7.86. The van der Waals surface area contributed by atoms with Crippen LogP contribution in [0.5, 0.6) is 0 Å². The summed E-state index contributed by atoms with van der Waals surface area (Å²) in [4.78, 5) is 15.2. The summed E-state index contributed by atoms with van der Waals surface area (Å²) >= 11 is 1.81.